The number of imide groups is 1. The Hall–Kier alpha value is -3.21. The van der Waals surface area contributed by atoms with Crippen molar-refractivity contribution in [2.45, 2.75) is 26.2 Å². The standard InChI is InChI=1S/C18H17BrN4O6/c1-2-3-4-5-29-13-8-11(12(23(27)28)7-10(13)19)22-14(24)6-9-15(16(22)20)18(26)21-17(9)25/h6-8H,2-5,20H2,1H3,(H,21,25,26). The highest BCUT2D eigenvalue weighted by atomic mass is 79.9. The summed E-state index contributed by atoms with van der Waals surface area (Å²) in [6.45, 7) is 2.43. The van der Waals surface area contributed by atoms with Gasteiger partial charge in [0.1, 0.15) is 17.3 Å². The van der Waals surface area contributed by atoms with Gasteiger partial charge in [-0.3, -0.25) is 34.4 Å². The number of hydrogen-bond donors (Lipinski definition) is 2. The van der Waals surface area contributed by atoms with E-state index in [0.29, 0.717) is 11.1 Å². The lowest BCUT2D eigenvalue weighted by Gasteiger charge is -2.15. The predicted molar refractivity (Wildman–Crippen MR) is 108 cm³/mol. The second-order valence-electron chi connectivity index (χ2n) is 6.36. The van der Waals surface area contributed by atoms with E-state index in [2.05, 4.69) is 21.2 Å². The number of nitrogen functional groups attached to an aromatic ring is 1. The van der Waals surface area contributed by atoms with Crippen molar-refractivity contribution in [1.29, 1.82) is 0 Å². The molecule has 2 heterocycles. The van der Waals surface area contributed by atoms with E-state index < -0.39 is 28.0 Å². The molecular formula is C18H17BrN4O6. The van der Waals surface area contributed by atoms with Crippen LogP contribution in [0, 0.1) is 10.1 Å². The zero-order valence-corrected chi connectivity index (χ0v) is 16.9. The van der Waals surface area contributed by atoms with Crippen molar-refractivity contribution in [3.8, 4) is 11.4 Å². The Morgan fingerprint density at radius 1 is 1.21 bits per heavy atom. The number of benzene rings is 1. The van der Waals surface area contributed by atoms with E-state index in [1.807, 2.05) is 6.92 Å². The monoisotopic (exact) mass is 464 g/mol. The summed E-state index contributed by atoms with van der Waals surface area (Å²) in [6.07, 6.45) is 2.74. The number of amides is 2. The lowest BCUT2D eigenvalue weighted by atomic mass is 10.1. The number of fused-ring (bicyclic) bond motifs is 1. The minimum Gasteiger partial charge on any atom is -0.492 e. The number of nitrogens with zero attached hydrogens (tertiary/aromatic N) is 2. The number of pyridine rings is 1. The SMILES string of the molecule is CCCCCOc1cc(-n2c(N)c3c(cc2=O)C(=O)NC3=O)c([N+](=O)[O-])cc1Br. The number of halogens is 1. The van der Waals surface area contributed by atoms with Crippen LogP contribution >= 0.6 is 15.9 Å². The highest BCUT2D eigenvalue weighted by molar-refractivity contribution is 9.10. The van der Waals surface area contributed by atoms with Gasteiger partial charge in [0.05, 0.1) is 27.1 Å². The van der Waals surface area contributed by atoms with Crippen molar-refractivity contribution in [2.24, 2.45) is 0 Å². The normalized spacial score (nSPS) is 12.6. The molecule has 1 aliphatic rings. The first-order valence-corrected chi connectivity index (χ1v) is 9.57. The van der Waals surface area contributed by atoms with E-state index in [1.165, 1.54) is 12.1 Å². The van der Waals surface area contributed by atoms with Gasteiger partial charge >= 0.3 is 0 Å². The number of rotatable bonds is 7. The summed E-state index contributed by atoms with van der Waals surface area (Å²) in [6, 6.07) is 3.45. The number of hydrogen-bond acceptors (Lipinski definition) is 7. The van der Waals surface area contributed by atoms with Crippen LogP contribution in [0.25, 0.3) is 5.69 Å². The third kappa shape index (κ3) is 3.73. The number of carbonyl (C=O) groups excluding carboxylic acids is 2. The molecule has 1 aromatic heterocycles. The summed E-state index contributed by atoms with van der Waals surface area (Å²) in [5.74, 6) is -1.59. The predicted octanol–water partition coefficient (Wildman–Crippen LogP) is 2.54. The molecule has 1 aromatic carbocycles. The number of aromatic nitrogens is 1. The Balaban J connectivity index is 2.19. The number of nitro benzene ring substituents is 1. The van der Waals surface area contributed by atoms with Gasteiger partial charge in [-0.15, -0.1) is 0 Å². The number of nitro groups is 1. The van der Waals surface area contributed by atoms with Gasteiger partial charge in [0.2, 0.25) is 0 Å². The van der Waals surface area contributed by atoms with Crippen molar-refractivity contribution >= 4 is 39.2 Å². The van der Waals surface area contributed by atoms with E-state index in [1.54, 1.807) is 0 Å². The van der Waals surface area contributed by atoms with Gasteiger partial charge in [0, 0.05) is 18.2 Å². The average molecular weight is 465 g/mol. The molecule has 0 atom stereocenters. The first-order valence-electron chi connectivity index (χ1n) is 8.78. The summed E-state index contributed by atoms with van der Waals surface area (Å²) < 4.78 is 6.86. The molecule has 2 amide bonds. The van der Waals surface area contributed by atoms with Gasteiger partial charge < -0.3 is 10.5 Å². The molecule has 29 heavy (non-hydrogen) atoms. The van der Waals surface area contributed by atoms with Gasteiger partial charge in [0.25, 0.3) is 23.1 Å². The molecule has 0 fully saturated rings. The highest BCUT2D eigenvalue weighted by Gasteiger charge is 2.33. The molecule has 0 radical (unpaired) electrons. The second kappa shape index (κ2) is 8.03. The van der Waals surface area contributed by atoms with Gasteiger partial charge in [-0.1, -0.05) is 19.8 Å². The lowest BCUT2D eigenvalue weighted by Crippen LogP contribution is -2.24. The molecule has 2 aromatic rings. The van der Waals surface area contributed by atoms with Crippen LogP contribution in [0.1, 0.15) is 46.9 Å². The van der Waals surface area contributed by atoms with E-state index in [9.17, 15) is 24.5 Å². The van der Waals surface area contributed by atoms with Crippen LogP contribution in [0.2, 0.25) is 0 Å². The number of unbranched alkanes of at least 4 members (excludes halogenated alkanes) is 2. The maximum absolute atomic E-state index is 12.6. The molecule has 152 valence electrons. The zero-order chi connectivity index (χ0) is 21.3. The van der Waals surface area contributed by atoms with Crippen LogP contribution in [0.15, 0.2) is 27.5 Å². The molecule has 0 saturated heterocycles. The second-order valence-corrected chi connectivity index (χ2v) is 7.21. The summed E-state index contributed by atoms with van der Waals surface area (Å²) in [5.41, 5.74) is 4.26. The Morgan fingerprint density at radius 3 is 2.59 bits per heavy atom. The van der Waals surface area contributed by atoms with E-state index in [4.69, 9.17) is 10.5 Å². The maximum Gasteiger partial charge on any atom is 0.294 e. The first-order chi connectivity index (χ1) is 13.8. The fourth-order valence-electron chi connectivity index (χ4n) is 3.03. The molecule has 0 bridgehead atoms. The molecule has 11 heteroatoms. The fraction of sp³-hybridized carbons (Fsp3) is 0.278. The molecule has 10 nitrogen and oxygen atoms in total. The van der Waals surface area contributed by atoms with Crippen molar-refractivity contribution in [2.75, 3.05) is 12.3 Å². The summed E-state index contributed by atoms with van der Waals surface area (Å²) in [7, 11) is 0. The average Bonchev–Trinajstić information content (AvgIpc) is 2.94. The molecule has 3 rings (SSSR count). The first kappa shape index (κ1) is 20.5. The molecule has 0 aliphatic carbocycles. The van der Waals surface area contributed by atoms with Crippen LogP contribution in [-0.4, -0.2) is 27.9 Å². The third-order valence-electron chi connectivity index (χ3n) is 4.43. The smallest absolute Gasteiger partial charge is 0.294 e. The maximum atomic E-state index is 12.6. The fourth-order valence-corrected chi connectivity index (χ4v) is 3.48. The Bertz CT molecular complexity index is 1090. The van der Waals surface area contributed by atoms with E-state index >= 15 is 0 Å². The van der Waals surface area contributed by atoms with Crippen molar-refractivity contribution in [1.82, 2.24) is 9.88 Å². The van der Waals surface area contributed by atoms with Crippen LogP contribution < -0.4 is 21.3 Å². The zero-order valence-electron chi connectivity index (χ0n) is 15.4. The van der Waals surface area contributed by atoms with Crippen molar-refractivity contribution < 1.29 is 19.2 Å². The number of nitrogens with one attached hydrogen (secondary N) is 1. The third-order valence-corrected chi connectivity index (χ3v) is 5.05. The van der Waals surface area contributed by atoms with E-state index in [-0.39, 0.29) is 28.4 Å². The Kier molecular flexibility index (Phi) is 5.69. The Morgan fingerprint density at radius 2 is 1.93 bits per heavy atom. The molecule has 0 saturated carbocycles. The van der Waals surface area contributed by atoms with Crippen LogP contribution in [-0.2, 0) is 0 Å². The Labute approximate surface area is 172 Å². The van der Waals surface area contributed by atoms with Gasteiger partial charge in [0.15, 0.2) is 0 Å². The van der Waals surface area contributed by atoms with Crippen LogP contribution in [0.4, 0.5) is 11.5 Å². The van der Waals surface area contributed by atoms with Gasteiger partial charge in [-0.2, -0.15) is 0 Å². The number of nitrogens with two attached hydrogens (primary N) is 1. The number of carbonyl (C=O) groups is 2. The summed E-state index contributed by atoms with van der Waals surface area (Å²) >= 11 is 3.24. The minimum atomic E-state index is -0.784. The van der Waals surface area contributed by atoms with Crippen molar-refractivity contribution in [3.05, 3.63) is 54.3 Å². The number of anilines is 1. The summed E-state index contributed by atoms with van der Waals surface area (Å²) in [5, 5.41) is 13.6. The van der Waals surface area contributed by atoms with Crippen LogP contribution in [0.5, 0.6) is 5.75 Å². The highest BCUT2D eigenvalue weighted by Crippen LogP contribution is 2.36. The number of ether oxygens (including phenoxy) is 1. The minimum absolute atomic E-state index is 0.162. The van der Waals surface area contributed by atoms with Crippen LogP contribution in [0.3, 0.4) is 0 Å². The molecule has 0 spiro atoms. The van der Waals surface area contributed by atoms with Crippen molar-refractivity contribution in [3.63, 3.8) is 0 Å². The topological polar surface area (TPSA) is 147 Å². The van der Waals surface area contributed by atoms with Gasteiger partial charge in [-0.25, -0.2) is 0 Å². The largest absolute Gasteiger partial charge is 0.492 e. The van der Waals surface area contributed by atoms with Gasteiger partial charge in [-0.05, 0) is 22.4 Å². The van der Waals surface area contributed by atoms with E-state index in [0.717, 1.165) is 29.9 Å². The molecule has 0 unspecified atom stereocenters. The summed E-state index contributed by atoms with van der Waals surface area (Å²) in [4.78, 5) is 47.4. The molecule has 1 aliphatic heterocycles. The quantitative estimate of drug-likeness (QED) is 0.277. The molecular weight excluding hydrogens is 448 g/mol. The molecule has 3 N–H and O–H groups in total. The lowest BCUT2D eigenvalue weighted by molar-refractivity contribution is -0.384.